The number of fused-ring (bicyclic) bond motifs is 1. The lowest BCUT2D eigenvalue weighted by molar-refractivity contribution is 0.353. The van der Waals surface area contributed by atoms with Crippen molar-refractivity contribution in [3.63, 3.8) is 0 Å². The van der Waals surface area contributed by atoms with Gasteiger partial charge in [-0.1, -0.05) is 12.2 Å². The van der Waals surface area contributed by atoms with Gasteiger partial charge in [-0.3, -0.25) is 0 Å². The van der Waals surface area contributed by atoms with Crippen molar-refractivity contribution >= 4 is 23.1 Å². The normalized spacial score (nSPS) is 10.6. The van der Waals surface area contributed by atoms with E-state index in [1.165, 1.54) is 0 Å². The van der Waals surface area contributed by atoms with Crippen molar-refractivity contribution in [3.8, 4) is 17.2 Å². The lowest BCUT2D eigenvalue weighted by Crippen LogP contribution is -2.02. The second-order valence-electron chi connectivity index (χ2n) is 4.26. The molecule has 0 N–H and O–H groups in total. The zero-order valence-electron chi connectivity index (χ0n) is 11.7. The van der Waals surface area contributed by atoms with Gasteiger partial charge in [-0.2, -0.15) is 0 Å². The van der Waals surface area contributed by atoms with E-state index in [1.807, 2.05) is 30.7 Å². The van der Waals surface area contributed by atoms with Gasteiger partial charge in [0.2, 0.25) is 0 Å². The van der Waals surface area contributed by atoms with Gasteiger partial charge in [-0.25, -0.2) is 0 Å². The molecule has 0 fully saturated rings. The van der Waals surface area contributed by atoms with Crippen LogP contribution in [0, 0.1) is 11.6 Å². The molecule has 0 bridgehead atoms. The highest BCUT2D eigenvalue weighted by atomic mass is 32.1. The molecule has 0 aliphatic heterocycles. The Bertz CT molecular complexity index is 691. The molecule has 2 rings (SSSR count). The molecule has 0 aliphatic carbocycles. The third kappa shape index (κ3) is 2.04. The second-order valence-corrected chi connectivity index (χ2v) is 4.68. The Morgan fingerprint density at radius 2 is 1.63 bits per heavy atom. The molecule has 0 atom stereocenters. The summed E-state index contributed by atoms with van der Waals surface area (Å²) in [5.41, 5.74) is 1.94. The molecule has 19 heavy (non-hydrogen) atoms. The first-order chi connectivity index (χ1) is 9.04. The van der Waals surface area contributed by atoms with Crippen LogP contribution in [0.2, 0.25) is 0 Å². The van der Waals surface area contributed by atoms with Crippen LogP contribution in [0.1, 0.15) is 5.56 Å². The Morgan fingerprint density at radius 3 is 2.16 bits per heavy atom. The van der Waals surface area contributed by atoms with E-state index in [1.54, 1.807) is 21.3 Å². The fraction of sp³-hybridized carbons (Fsp3) is 0.357. The van der Waals surface area contributed by atoms with Crippen LogP contribution in [-0.4, -0.2) is 25.9 Å². The Kier molecular flexibility index (Phi) is 3.66. The molecule has 0 aliphatic rings. The van der Waals surface area contributed by atoms with Crippen molar-refractivity contribution in [2.24, 2.45) is 7.05 Å². The number of aryl methyl sites for hydroxylation is 2. The summed E-state index contributed by atoms with van der Waals surface area (Å²) in [6.07, 6.45) is 0. The van der Waals surface area contributed by atoms with Crippen LogP contribution in [0.4, 0.5) is 0 Å². The van der Waals surface area contributed by atoms with Crippen molar-refractivity contribution in [1.82, 2.24) is 4.57 Å². The SMILES string of the molecule is COc1cc(OC)c2c(c(C)cc(=S)n2C)c1OC. The van der Waals surface area contributed by atoms with Gasteiger partial charge in [0.05, 0.1) is 32.2 Å². The molecular weight excluding hydrogens is 262 g/mol. The number of hydrogen-bond donors (Lipinski definition) is 0. The predicted octanol–water partition coefficient (Wildman–Crippen LogP) is 3.24. The van der Waals surface area contributed by atoms with Gasteiger partial charge in [-0.15, -0.1) is 0 Å². The molecule has 0 amide bonds. The van der Waals surface area contributed by atoms with Crippen LogP contribution < -0.4 is 14.2 Å². The average molecular weight is 279 g/mol. The molecule has 5 heteroatoms. The van der Waals surface area contributed by atoms with Gasteiger partial charge in [-0.05, 0) is 18.6 Å². The molecule has 0 saturated heterocycles. The van der Waals surface area contributed by atoms with Crippen molar-refractivity contribution < 1.29 is 14.2 Å². The van der Waals surface area contributed by atoms with E-state index in [0.717, 1.165) is 21.1 Å². The van der Waals surface area contributed by atoms with E-state index in [-0.39, 0.29) is 0 Å². The first kappa shape index (κ1) is 13.7. The standard InChI is InChI=1S/C14H17NO3S/c1-8-6-11(19)15(2)13-9(16-3)7-10(17-4)14(18-5)12(8)13/h6-7H,1-5H3. The number of ether oxygens (including phenoxy) is 3. The summed E-state index contributed by atoms with van der Waals surface area (Å²) in [4.78, 5) is 0. The highest BCUT2D eigenvalue weighted by Crippen LogP contribution is 2.42. The highest BCUT2D eigenvalue weighted by molar-refractivity contribution is 7.71. The quantitative estimate of drug-likeness (QED) is 0.807. The van der Waals surface area contributed by atoms with Crippen LogP contribution in [0.25, 0.3) is 10.9 Å². The molecule has 4 nitrogen and oxygen atoms in total. The Labute approximate surface area is 117 Å². The van der Waals surface area contributed by atoms with Crippen molar-refractivity contribution in [3.05, 3.63) is 22.3 Å². The lowest BCUT2D eigenvalue weighted by Gasteiger charge is -2.18. The van der Waals surface area contributed by atoms with Crippen molar-refractivity contribution in [2.45, 2.75) is 6.92 Å². The third-order valence-electron chi connectivity index (χ3n) is 3.23. The van der Waals surface area contributed by atoms with Crippen LogP contribution in [0.5, 0.6) is 17.2 Å². The van der Waals surface area contributed by atoms with E-state index in [9.17, 15) is 0 Å². The number of benzene rings is 1. The minimum Gasteiger partial charge on any atom is -0.494 e. The highest BCUT2D eigenvalue weighted by Gasteiger charge is 2.18. The molecule has 0 radical (unpaired) electrons. The number of nitrogens with zero attached hydrogens (tertiary/aromatic N) is 1. The van der Waals surface area contributed by atoms with Gasteiger partial charge in [0.15, 0.2) is 11.5 Å². The number of rotatable bonds is 3. The maximum atomic E-state index is 5.50. The maximum absolute atomic E-state index is 5.50. The number of methoxy groups -OCH3 is 3. The topological polar surface area (TPSA) is 32.6 Å². The molecule has 0 spiro atoms. The molecule has 0 unspecified atom stereocenters. The zero-order valence-corrected chi connectivity index (χ0v) is 12.6. The van der Waals surface area contributed by atoms with E-state index in [2.05, 4.69) is 0 Å². The van der Waals surface area contributed by atoms with Crippen molar-refractivity contribution in [1.29, 1.82) is 0 Å². The molecule has 1 aromatic carbocycles. The molecule has 0 saturated carbocycles. The van der Waals surface area contributed by atoms with Crippen molar-refractivity contribution in [2.75, 3.05) is 21.3 Å². The molecule has 2 aromatic rings. The smallest absolute Gasteiger partial charge is 0.170 e. The van der Waals surface area contributed by atoms with Gasteiger partial charge in [0.1, 0.15) is 10.4 Å². The Hall–Kier alpha value is -1.75. The molecule has 1 heterocycles. The van der Waals surface area contributed by atoms with Crippen LogP contribution in [0.3, 0.4) is 0 Å². The van der Waals surface area contributed by atoms with Gasteiger partial charge in [0, 0.05) is 13.1 Å². The first-order valence-electron chi connectivity index (χ1n) is 5.84. The van der Waals surface area contributed by atoms with E-state index in [4.69, 9.17) is 26.4 Å². The summed E-state index contributed by atoms with van der Waals surface area (Å²) in [7, 11) is 6.79. The summed E-state index contributed by atoms with van der Waals surface area (Å²) in [5.74, 6) is 2.05. The predicted molar refractivity (Wildman–Crippen MR) is 78.1 cm³/mol. The second kappa shape index (κ2) is 5.09. The molecule has 1 aromatic heterocycles. The summed E-state index contributed by atoms with van der Waals surface area (Å²) >= 11 is 5.35. The number of hydrogen-bond acceptors (Lipinski definition) is 4. The summed E-state index contributed by atoms with van der Waals surface area (Å²) in [5, 5.41) is 0.954. The Morgan fingerprint density at radius 1 is 1.00 bits per heavy atom. The first-order valence-corrected chi connectivity index (χ1v) is 6.25. The maximum Gasteiger partial charge on any atom is 0.170 e. The van der Waals surface area contributed by atoms with E-state index < -0.39 is 0 Å². The van der Waals surface area contributed by atoms with Crippen LogP contribution >= 0.6 is 12.2 Å². The summed E-state index contributed by atoms with van der Waals surface area (Å²) < 4.78 is 19.0. The summed E-state index contributed by atoms with van der Waals surface area (Å²) in [6.45, 7) is 2.00. The molecular formula is C14H17NO3S. The van der Waals surface area contributed by atoms with Crippen LogP contribution in [0.15, 0.2) is 12.1 Å². The van der Waals surface area contributed by atoms with Gasteiger partial charge >= 0.3 is 0 Å². The van der Waals surface area contributed by atoms with Crippen LogP contribution in [-0.2, 0) is 7.05 Å². The average Bonchev–Trinajstić information content (AvgIpc) is 2.42. The Balaban J connectivity index is 3.09. The fourth-order valence-corrected chi connectivity index (χ4v) is 2.55. The number of aromatic nitrogens is 1. The van der Waals surface area contributed by atoms with Gasteiger partial charge < -0.3 is 18.8 Å². The van der Waals surface area contributed by atoms with E-state index in [0.29, 0.717) is 17.2 Å². The van der Waals surface area contributed by atoms with Gasteiger partial charge in [0.25, 0.3) is 0 Å². The van der Waals surface area contributed by atoms with E-state index >= 15 is 0 Å². The fourth-order valence-electron chi connectivity index (χ4n) is 2.28. The third-order valence-corrected chi connectivity index (χ3v) is 3.62. The summed E-state index contributed by atoms with van der Waals surface area (Å²) in [6, 6.07) is 3.76. The monoisotopic (exact) mass is 279 g/mol. The lowest BCUT2D eigenvalue weighted by atomic mass is 10.1. The number of pyridine rings is 1. The zero-order chi connectivity index (χ0) is 14.2. The molecule has 102 valence electrons. The largest absolute Gasteiger partial charge is 0.494 e. The minimum absolute atomic E-state index is 0.645. The minimum atomic E-state index is 0.645.